The number of carbonyl (C=O) groups is 1. The van der Waals surface area contributed by atoms with E-state index in [2.05, 4.69) is 0 Å². The Morgan fingerprint density at radius 3 is 3.04 bits per heavy atom. The highest BCUT2D eigenvalue weighted by molar-refractivity contribution is 7.09. The molecule has 1 unspecified atom stereocenters. The van der Waals surface area contributed by atoms with Crippen LogP contribution < -0.4 is 4.74 Å². The summed E-state index contributed by atoms with van der Waals surface area (Å²) in [5, 5.41) is 11.3. The lowest BCUT2D eigenvalue weighted by Crippen LogP contribution is -2.40. The number of likely N-dealkylation sites (tertiary alicyclic amines) is 1. The zero-order valence-electron chi connectivity index (χ0n) is 13.0. The summed E-state index contributed by atoms with van der Waals surface area (Å²) in [6, 6.07) is 11.4. The van der Waals surface area contributed by atoms with Gasteiger partial charge in [-0.25, -0.2) is 0 Å². The van der Waals surface area contributed by atoms with Crippen molar-refractivity contribution < 1.29 is 14.6 Å². The number of nitrogens with zero attached hydrogens (tertiary/aromatic N) is 1. The number of thiophene rings is 1. The molecule has 0 radical (unpaired) electrons. The van der Waals surface area contributed by atoms with Crippen LogP contribution in [0.5, 0.6) is 5.75 Å². The van der Waals surface area contributed by atoms with E-state index in [1.54, 1.807) is 17.4 Å². The highest BCUT2D eigenvalue weighted by Gasteiger charge is 2.24. The maximum absolute atomic E-state index is 12.6. The Hall–Kier alpha value is -1.85. The first-order valence-electron chi connectivity index (χ1n) is 7.91. The quantitative estimate of drug-likeness (QED) is 0.915. The highest BCUT2D eigenvalue weighted by atomic mass is 32.1. The number of rotatable bonds is 5. The first-order chi connectivity index (χ1) is 11.3. The van der Waals surface area contributed by atoms with E-state index in [4.69, 9.17) is 4.74 Å². The van der Waals surface area contributed by atoms with Gasteiger partial charge in [0.25, 0.3) is 5.91 Å². The van der Waals surface area contributed by atoms with Crippen molar-refractivity contribution in [2.75, 3.05) is 19.7 Å². The van der Waals surface area contributed by atoms with Gasteiger partial charge in [-0.3, -0.25) is 4.79 Å². The lowest BCUT2D eigenvalue weighted by molar-refractivity contribution is 0.0620. The Morgan fingerprint density at radius 2 is 2.26 bits per heavy atom. The predicted molar refractivity (Wildman–Crippen MR) is 90.8 cm³/mol. The van der Waals surface area contributed by atoms with Crippen LogP contribution in [-0.4, -0.2) is 35.6 Å². The first kappa shape index (κ1) is 16.0. The van der Waals surface area contributed by atoms with Crippen LogP contribution in [0.2, 0.25) is 0 Å². The van der Waals surface area contributed by atoms with Crippen molar-refractivity contribution >= 4 is 17.2 Å². The topological polar surface area (TPSA) is 49.8 Å². The average molecular weight is 331 g/mol. The molecule has 0 spiro atoms. The van der Waals surface area contributed by atoms with Crippen molar-refractivity contribution in [1.29, 1.82) is 0 Å². The normalized spacial score (nSPS) is 18.0. The molecule has 1 aromatic carbocycles. The van der Waals surface area contributed by atoms with Gasteiger partial charge in [0.2, 0.25) is 0 Å². The molecule has 1 saturated heterocycles. The molecule has 0 bridgehead atoms. The molecule has 2 aromatic rings. The van der Waals surface area contributed by atoms with Gasteiger partial charge in [-0.1, -0.05) is 12.1 Å². The third-order valence-corrected chi connectivity index (χ3v) is 4.96. The molecule has 2 heterocycles. The molecule has 3 rings (SSSR count). The third-order valence-electron chi connectivity index (χ3n) is 4.11. The minimum atomic E-state index is 0.0183. The zero-order valence-corrected chi connectivity index (χ0v) is 13.8. The van der Waals surface area contributed by atoms with Crippen molar-refractivity contribution in [3.8, 4) is 5.75 Å². The third kappa shape index (κ3) is 4.12. The zero-order chi connectivity index (χ0) is 16.1. The maximum atomic E-state index is 12.6. The number of piperidine rings is 1. The van der Waals surface area contributed by atoms with Gasteiger partial charge in [-0.2, -0.15) is 0 Å². The van der Waals surface area contributed by atoms with Gasteiger partial charge in [-0.15, -0.1) is 11.3 Å². The Morgan fingerprint density at radius 1 is 1.35 bits per heavy atom. The standard InChI is InChI=1S/C18H21NO3S/c20-12-14-4-2-8-19(11-14)18(21)15-5-1-6-16(10-15)22-13-17-7-3-9-23-17/h1,3,5-7,9-10,14,20H,2,4,8,11-13H2. The number of aliphatic hydroxyl groups excluding tert-OH is 1. The number of ether oxygens (including phenoxy) is 1. The minimum Gasteiger partial charge on any atom is -0.488 e. The van der Waals surface area contributed by atoms with Crippen molar-refractivity contribution in [2.45, 2.75) is 19.4 Å². The largest absolute Gasteiger partial charge is 0.488 e. The van der Waals surface area contributed by atoms with Crippen LogP contribution in [0.15, 0.2) is 41.8 Å². The summed E-state index contributed by atoms with van der Waals surface area (Å²) in [5.74, 6) is 0.927. The molecule has 4 nitrogen and oxygen atoms in total. The molecule has 1 aliphatic heterocycles. The fraction of sp³-hybridized carbons (Fsp3) is 0.389. The molecule has 1 fully saturated rings. The van der Waals surface area contributed by atoms with Crippen LogP contribution in [0.4, 0.5) is 0 Å². The van der Waals surface area contributed by atoms with Gasteiger partial charge in [0.1, 0.15) is 12.4 Å². The number of benzene rings is 1. The Bertz CT molecular complexity index is 641. The molecule has 0 aliphatic carbocycles. The molecule has 0 saturated carbocycles. The van der Waals surface area contributed by atoms with Crippen LogP contribution in [0.1, 0.15) is 28.1 Å². The minimum absolute atomic E-state index is 0.0183. The molecule has 1 aromatic heterocycles. The van der Waals surface area contributed by atoms with Crippen molar-refractivity contribution in [1.82, 2.24) is 4.90 Å². The lowest BCUT2D eigenvalue weighted by Gasteiger charge is -2.32. The molecule has 23 heavy (non-hydrogen) atoms. The van der Waals surface area contributed by atoms with Gasteiger partial charge in [0.15, 0.2) is 0 Å². The number of hydrogen-bond acceptors (Lipinski definition) is 4. The van der Waals surface area contributed by atoms with Crippen LogP contribution in [0.25, 0.3) is 0 Å². The van der Waals surface area contributed by atoms with E-state index in [1.807, 2.05) is 40.6 Å². The number of amides is 1. The van der Waals surface area contributed by atoms with E-state index in [0.717, 1.165) is 24.3 Å². The summed E-state index contributed by atoms with van der Waals surface area (Å²) in [4.78, 5) is 15.6. The Balaban J connectivity index is 1.65. The summed E-state index contributed by atoms with van der Waals surface area (Å²) in [7, 11) is 0. The van der Waals surface area contributed by atoms with E-state index < -0.39 is 0 Å². The van der Waals surface area contributed by atoms with Gasteiger partial charge < -0.3 is 14.7 Å². The van der Waals surface area contributed by atoms with E-state index in [0.29, 0.717) is 24.5 Å². The Kier molecular flexibility index (Phi) is 5.31. The van der Waals surface area contributed by atoms with E-state index in [-0.39, 0.29) is 18.4 Å². The Labute approximate surface area is 140 Å². The van der Waals surface area contributed by atoms with Gasteiger partial charge in [0, 0.05) is 30.1 Å². The van der Waals surface area contributed by atoms with Crippen LogP contribution >= 0.6 is 11.3 Å². The van der Waals surface area contributed by atoms with Crippen LogP contribution in [0.3, 0.4) is 0 Å². The summed E-state index contributed by atoms with van der Waals surface area (Å²) < 4.78 is 5.77. The maximum Gasteiger partial charge on any atom is 0.253 e. The average Bonchev–Trinajstić information content (AvgIpc) is 3.13. The van der Waals surface area contributed by atoms with Crippen molar-refractivity contribution in [3.63, 3.8) is 0 Å². The number of aliphatic hydroxyl groups is 1. The second kappa shape index (κ2) is 7.62. The van der Waals surface area contributed by atoms with E-state index in [1.165, 1.54) is 0 Å². The van der Waals surface area contributed by atoms with Gasteiger partial charge in [0.05, 0.1) is 0 Å². The highest BCUT2D eigenvalue weighted by Crippen LogP contribution is 2.21. The lowest BCUT2D eigenvalue weighted by atomic mass is 9.98. The second-order valence-corrected chi connectivity index (χ2v) is 6.87. The summed E-state index contributed by atoms with van der Waals surface area (Å²) >= 11 is 1.65. The van der Waals surface area contributed by atoms with Crippen LogP contribution in [-0.2, 0) is 6.61 Å². The number of carbonyl (C=O) groups excluding carboxylic acids is 1. The smallest absolute Gasteiger partial charge is 0.253 e. The molecule has 5 heteroatoms. The number of hydrogen-bond donors (Lipinski definition) is 1. The van der Waals surface area contributed by atoms with E-state index in [9.17, 15) is 9.90 Å². The monoisotopic (exact) mass is 331 g/mol. The summed E-state index contributed by atoms with van der Waals surface area (Å²) in [6.45, 7) is 2.06. The molecule has 1 amide bonds. The molecule has 1 aliphatic rings. The predicted octanol–water partition coefficient (Wildman–Crippen LogP) is 3.17. The van der Waals surface area contributed by atoms with E-state index >= 15 is 0 Å². The fourth-order valence-electron chi connectivity index (χ4n) is 2.85. The van der Waals surface area contributed by atoms with Gasteiger partial charge in [-0.05, 0) is 48.4 Å². The molecular formula is C18H21NO3S. The van der Waals surface area contributed by atoms with Crippen molar-refractivity contribution in [2.24, 2.45) is 5.92 Å². The molecule has 122 valence electrons. The van der Waals surface area contributed by atoms with Crippen LogP contribution in [0, 0.1) is 5.92 Å². The summed E-state index contributed by atoms with van der Waals surface area (Å²) in [6.07, 6.45) is 1.94. The van der Waals surface area contributed by atoms with Gasteiger partial charge >= 0.3 is 0 Å². The van der Waals surface area contributed by atoms with Crippen molar-refractivity contribution in [3.05, 3.63) is 52.2 Å². The summed E-state index contributed by atoms with van der Waals surface area (Å²) in [5.41, 5.74) is 0.646. The second-order valence-electron chi connectivity index (χ2n) is 5.84. The SMILES string of the molecule is O=C(c1cccc(OCc2cccs2)c1)N1CCCC(CO)C1. The fourth-order valence-corrected chi connectivity index (χ4v) is 3.47. The molecular weight excluding hydrogens is 310 g/mol. The molecule has 1 N–H and O–H groups in total. The molecule has 1 atom stereocenters. The first-order valence-corrected chi connectivity index (χ1v) is 8.79.